The van der Waals surface area contributed by atoms with Crippen molar-refractivity contribution in [3.8, 4) is 5.75 Å². The van der Waals surface area contributed by atoms with Crippen LogP contribution in [0, 0.1) is 12.8 Å². The summed E-state index contributed by atoms with van der Waals surface area (Å²) in [7, 11) is 0. The first kappa shape index (κ1) is 19.7. The third-order valence-corrected chi connectivity index (χ3v) is 3.94. The van der Waals surface area contributed by atoms with E-state index in [0.717, 1.165) is 31.4 Å². The fourth-order valence-electron chi connectivity index (χ4n) is 2.48. The lowest BCUT2D eigenvalue weighted by molar-refractivity contribution is -0.141. The van der Waals surface area contributed by atoms with Crippen LogP contribution in [0.5, 0.6) is 5.75 Å². The predicted molar refractivity (Wildman–Crippen MR) is 96.6 cm³/mol. The molecular weight excluding hydrogens is 304 g/mol. The van der Waals surface area contributed by atoms with Crippen molar-refractivity contribution in [1.82, 2.24) is 0 Å². The van der Waals surface area contributed by atoms with E-state index in [9.17, 15) is 4.79 Å². The van der Waals surface area contributed by atoms with Gasteiger partial charge in [-0.3, -0.25) is 4.79 Å². The fourth-order valence-corrected chi connectivity index (χ4v) is 2.48. The first-order valence-electron chi connectivity index (χ1n) is 8.21. The van der Waals surface area contributed by atoms with Crippen molar-refractivity contribution in [2.24, 2.45) is 5.92 Å². The van der Waals surface area contributed by atoms with Gasteiger partial charge in [0.1, 0.15) is 12.5 Å². The Balaban J connectivity index is 0.00000139. The Bertz CT molecular complexity index is 651. The van der Waals surface area contributed by atoms with Crippen LogP contribution in [0.3, 0.4) is 0 Å². The summed E-state index contributed by atoms with van der Waals surface area (Å²) in [6.45, 7) is 6.53. The van der Waals surface area contributed by atoms with Gasteiger partial charge in [-0.05, 0) is 42.7 Å². The van der Waals surface area contributed by atoms with Gasteiger partial charge in [0.25, 0.3) is 0 Å². The van der Waals surface area contributed by atoms with E-state index in [0.29, 0.717) is 6.61 Å². The number of ether oxygens (including phenoxy) is 1. The zero-order valence-corrected chi connectivity index (χ0v) is 14.5. The zero-order valence-electron chi connectivity index (χ0n) is 14.5. The summed E-state index contributed by atoms with van der Waals surface area (Å²) in [5, 5.41) is 11.2. The van der Waals surface area contributed by atoms with E-state index in [1.54, 1.807) is 6.92 Å². The van der Waals surface area contributed by atoms with Crippen molar-refractivity contribution in [3.63, 3.8) is 0 Å². The van der Waals surface area contributed by atoms with Gasteiger partial charge in [-0.25, -0.2) is 0 Å². The van der Waals surface area contributed by atoms with Crippen LogP contribution in [0.15, 0.2) is 36.4 Å². The minimum atomic E-state index is -0.706. The van der Waals surface area contributed by atoms with Gasteiger partial charge in [0, 0.05) is 0 Å². The molecule has 2 rings (SSSR count). The second-order valence-electron chi connectivity index (χ2n) is 5.95. The molecule has 1 unspecified atom stereocenters. The monoisotopic (exact) mass is 330 g/mol. The van der Waals surface area contributed by atoms with Gasteiger partial charge >= 0.3 is 5.97 Å². The van der Waals surface area contributed by atoms with E-state index >= 15 is 0 Å². The molecule has 2 aromatic carbocycles. The topological polar surface area (TPSA) is 63.6 Å². The number of aliphatic carboxylic acids is 1. The van der Waals surface area contributed by atoms with Crippen molar-refractivity contribution in [2.45, 2.75) is 39.5 Å². The smallest absolute Gasteiger partial charge is 0.306 e. The minimum absolute atomic E-state index is 0.245. The van der Waals surface area contributed by atoms with Crippen LogP contribution >= 0.6 is 0 Å². The molecule has 2 aromatic rings. The predicted octanol–water partition coefficient (Wildman–Crippen LogP) is 4.62. The maximum atomic E-state index is 10.7. The number of unbranched alkanes of at least 4 members (excludes halogenated alkanes) is 2. The molecule has 0 spiro atoms. The number of carboxylic acids is 1. The van der Waals surface area contributed by atoms with Gasteiger partial charge in [-0.15, -0.1) is 0 Å². The molecule has 0 bridgehead atoms. The van der Waals surface area contributed by atoms with Crippen molar-refractivity contribution < 1.29 is 19.4 Å². The van der Waals surface area contributed by atoms with E-state index in [-0.39, 0.29) is 5.92 Å². The van der Waals surface area contributed by atoms with Gasteiger partial charge in [-0.1, -0.05) is 49.6 Å². The summed E-state index contributed by atoms with van der Waals surface area (Å²) in [6, 6.07) is 12.6. The molecule has 0 fully saturated rings. The van der Waals surface area contributed by atoms with Crippen LogP contribution in [-0.4, -0.2) is 24.5 Å². The van der Waals surface area contributed by atoms with E-state index in [2.05, 4.69) is 37.3 Å². The molecule has 4 nitrogen and oxygen atoms in total. The highest BCUT2D eigenvalue weighted by Crippen LogP contribution is 2.22. The lowest BCUT2D eigenvalue weighted by atomic mass is 10.0. The Morgan fingerprint density at radius 3 is 2.46 bits per heavy atom. The Hall–Kier alpha value is -2.36. The molecule has 0 amide bonds. The van der Waals surface area contributed by atoms with Crippen molar-refractivity contribution in [1.29, 1.82) is 0 Å². The average Bonchev–Trinajstić information content (AvgIpc) is 2.59. The summed E-state index contributed by atoms with van der Waals surface area (Å²) in [5.41, 5.74) is 1.26. The van der Waals surface area contributed by atoms with Crippen molar-refractivity contribution >= 4 is 23.5 Å². The molecule has 1 atom stereocenters. The van der Waals surface area contributed by atoms with E-state index in [1.165, 1.54) is 16.3 Å². The third-order valence-electron chi connectivity index (χ3n) is 3.94. The number of benzene rings is 2. The highest BCUT2D eigenvalue weighted by Gasteiger charge is 2.09. The van der Waals surface area contributed by atoms with Gasteiger partial charge in [0.2, 0.25) is 0 Å². The van der Waals surface area contributed by atoms with Crippen molar-refractivity contribution in [2.75, 3.05) is 6.61 Å². The Labute approximate surface area is 143 Å². The largest absolute Gasteiger partial charge is 0.494 e. The number of carbonyl (C=O) groups excluding carboxylic acids is 1. The second-order valence-corrected chi connectivity index (χ2v) is 5.95. The van der Waals surface area contributed by atoms with Crippen LogP contribution < -0.4 is 4.74 Å². The molecule has 0 saturated heterocycles. The molecular formula is C20H26O4. The Morgan fingerprint density at radius 1 is 1.08 bits per heavy atom. The first-order valence-corrected chi connectivity index (χ1v) is 8.21. The first-order chi connectivity index (χ1) is 11.6. The van der Waals surface area contributed by atoms with Crippen LogP contribution in [0.25, 0.3) is 10.8 Å². The molecule has 0 heterocycles. The SMILES string of the molecule is C=O.Cc1ccc2cc(OCCCCCC(C)C(=O)O)ccc2c1. The number of hydrogen-bond donors (Lipinski definition) is 1. The lowest BCUT2D eigenvalue weighted by Crippen LogP contribution is -2.09. The number of fused-ring (bicyclic) bond motifs is 1. The normalized spacial score (nSPS) is 11.4. The van der Waals surface area contributed by atoms with Crippen LogP contribution in [0.1, 0.15) is 38.2 Å². The average molecular weight is 330 g/mol. The maximum Gasteiger partial charge on any atom is 0.306 e. The van der Waals surface area contributed by atoms with E-state index in [1.807, 2.05) is 12.9 Å². The Morgan fingerprint density at radius 2 is 1.75 bits per heavy atom. The summed E-state index contributed by atoms with van der Waals surface area (Å²) in [4.78, 5) is 18.7. The van der Waals surface area contributed by atoms with E-state index in [4.69, 9.17) is 14.6 Å². The molecule has 0 aliphatic carbocycles. The van der Waals surface area contributed by atoms with Gasteiger partial charge < -0.3 is 14.6 Å². The number of carbonyl (C=O) groups is 2. The van der Waals surface area contributed by atoms with Crippen molar-refractivity contribution in [3.05, 3.63) is 42.0 Å². The van der Waals surface area contributed by atoms with Crippen LogP contribution in [0.2, 0.25) is 0 Å². The highest BCUT2D eigenvalue weighted by atomic mass is 16.5. The molecule has 4 heteroatoms. The molecule has 130 valence electrons. The summed E-state index contributed by atoms with van der Waals surface area (Å²) >= 11 is 0. The molecule has 0 aliphatic rings. The second kappa shape index (κ2) is 10.4. The summed E-state index contributed by atoms with van der Waals surface area (Å²) < 4.78 is 5.78. The van der Waals surface area contributed by atoms with Gasteiger partial charge in [0.05, 0.1) is 12.5 Å². The molecule has 0 aliphatic heterocycles. The zero-order chi connectivity index (χ0) is 17.9. The molecule has 0 radical (unpaired) electrons. The van der Waals surface area contributed by atoms with Gasteiger partial charge in [-0.2, -0.15) is 0 Å². The maximum absolute atomic E-state index is 10.7. The molecule has 24 heavy (non-hydrogen) atoms. The molecule has 1 N–H and O–H groups in total. The summed E-state index contributed by atoms with van der Waals surface area (Å²) in [6.07, 6.45) is 3.64. The van der Waals surface area contributed by atoms with Gasteiger partial charge in [0.15, 0.2) is 0 Å². The standard InChI is InChI=1S/C19H24O3.CH2O/c1-14-7-8-17-13-18(10-9-16(17)12-14)22-11-5-3-4-6-15(2)19(20)21;1-2/h7-10,12-13,15H,3-6,11H2,1-2H3,(H,20,21);1H2. The fraction of sp³-hybridized carbons (Fsp3) is 0.400. The number of hydrogen-bond acceptors (Lipinski definition) is 3. The van der Waals surface area contributed by atoms with Crippen LogP contribution in [0.4, 0.5) is 0 Å². The van der Waals surface area contributed by atoms with Crippen LogP contribution in [-0.2, 0) is 9.59 Å². The molecule has 0 aromatic heterocycles. The third kappa shape index (κ3) is 6.41. The van der Waals surface area contributed by atoms with E-state index < -0.39 is 5.97 Å². The Kier molecular flexibility index (Phi) is 8.55. The number of carboxylic acid groups (broad SMARTS) is 1. The minimum Gasteiger partial charge on any atom is -0.494 e. The summed E-state index contributed by atoms with van der Waals surface area (Å²) in [5.74, 6) is -0.0530. The lowest BCUT2D eigenvalue weighted by Gasteiger charge is -2.08. The highest BCUT2D eigenvalue weighted by molar-refractivity contribution is 5.84. The molecule has 0 saturated carbocycles. The number of aryl methyl sites for hydroxylation is 1. The number of rotatable bonds is 8. The quantitative estimate of drug-likeness (QED) is 0.717.